The quantitative estimate of drug-likeness (QED) is 0.382. The van der Waals surface area contributed by atoms with Crippen LogP contribution in [0.15, 0.2) is 60.7 Å². The minimum atomic E-state index is 1.16. The first-order valence-electron chi connectivity index (χ1n) is 7.42. The monoisotopic (exact) mass is 286 g/mol. The van der Waals surface area contributed by atoms with Crippen molar-refractivity contribution in [2.75, 3.05) is 0 Å². The highest BCUT2D eigenvalue weighted by molar-refractivity contribution is 7.25. The van der Waals surface area contributed by atoms with Gasteiger partial charge in [-0.2, -0.15) is 0 Å². The number of benzene rings is 3. The Hall–Kier alpha value is -2.12. The number of hydrogen-bond acceptors (Lipinski definition) is 1. The minimum absolute atomic E-state index is 1.16. The Morgan fingerprint density at radius 1 is 0.619 bits per heavy atom. The van der Waals surface area contributed by atoms with Crippen LogP contribution in [0.25, 0.3) is 31.3 Å². The summed E-state index contributed by atoms with van der Waals surface area (Å²) in [6, 6.07) is 22.4. The number of rotatable bonds is 0. The molecule has 0 atom stereocenters. The average Bonchev–Trinajstić information content (AvgIpc) is 2.90. The third-order valence-electron chi connectivity index (χ3n) is 4.57. The van der Waals surface area contributed by atoms with Gasteiger partial charge in [-0.1, -0.05) is 42.5 Å². The van der Waals surface area contributed by atoms with E-state index in [1.54, 1.807) is 0 Å². The zero-order valence-electron chi connectivity index (χ0n) is 11.6. The summed E-state index contributed by atoms with van der Waals surface area (Å²) >= 11 is 1.91. The number of hydrogen-bond donors (Lipinski definition) is 0. The smallest absolute Gasteiger partial charge is 0.0361 e. The normalized spacial score (nSPS) is 13.3. The van der Waals surface area contributed by atoms with E-state index in [1.807, 2.05) is 11.3 Å². The van der Waals surface area contributed by atoms with E-state index < -0.39 is 0 Å². The molecule has 21 heavy (non-hydrogen) atoms. The van der Waals surface area contributed by atoms with E-state index in [4.69, 9.17) is 0 Å². The van der Waals surface area contributed by atoms with E-state index in [-0.39, 0.29) is 0 Å². The molecule has 0 nitrogen and oxygen atoms in total. The first-order chi connectivity index (χ1) is 10.4. The van der Waals surface area contributed by atoms with Gasteiger partial charge < -0.3 is 0 Å². The number of aryl methyl sites for hydroxylation is 2. The second-order valence-corrected chi connectivity index (χ2v) is 6.84. The highest BCUT2D eigenvalue weighted by Gasteiger charge is 2.17. The van der Waals surface area contributed by atoms with Gasteiger partial charge in [0.1, 0.15) is 0 Å². The molecular weight excluding hydrogens is 272 g/mol. The van der Waals surface area contributed by atoms with Gasteiger partial charge in [-0.15, -0.1) is 11.3 Å². The molecule has 0 fully saturated rings. The maximum atomic E-state index is 2.43. The van der Waals surface area contributed by atoms with Gasteiger partial charge in [0, 0.05) is 20.2 Å². The summed E-state index contributed by atoms with van der Waals surface area (Å²) < 4.78 is 2.80. The van der Waals surface area contributed by atoms with Gasteiger partial charge in [-0.05, 0) is 53.3 Å². The van der Waals surface area contributed by atoms with Gasteiger partial charge >= 0.3 is 0 Å². The third kappa shape index (κ3) is 1.61. The van der Waals surface area contributed by atoms with E-state index in [1.165, 1.54) is 42.4 Å². The van der Waals surface area contributed by atoms with Crippen LogP contribution in [0, 0.1) is 0 Å². The number of thiophene rings is 1. The average molecular weight is 286 g/mol. The largest absolute Gasteiger partial charge is 0.135 e. The Bertz CT molecular complexity index is 991. The van der Waals surface area contributed by atoms with Crippen LogP contribution in [-0.4, -0.2) is 0 Å². The fourth-order valence-electron chi connectivity index (χ4n) is 3.54. The van der Waals surface area contributed by atoms with Crippen molar-refractivity contribution in [2.24, 2.45) is 0 Å². The van der Waals surface area contributed by atoms with Gasteiger partial charge in [-0.3, -0.25) is 0 Å². The molecule has 100 valence electrons. The summed E-state index contributed by atoms with van der Waals surface area (Å²) in [5, 5.41) is 2.83. The lowest BCUT2D eigenvalue weighted by molar-refractivity contribution is 0.944. The first kappa shape index (κ1) is 11.5. The molecule has 0 bridgehead atoms. The summed E-state index contributed by atoms with van der Waals surface area (Å²) in [6.45, 7) is 0. The van der Waals surface area contributed by atoms with Crippen LogP contribution >= 0.6 is 11.3 Å². The predicted molar refractivity (Wildman–Crippen MR) is 92.2 cm³/mol. The van der Waals surface area contributed by atoms with Crippen molar-refractivity contribution >= 4 is 31.5 Å². The zero-order chi connectivity index (χ0) is 13.8. The molecule has 0 amide bonds. The Kier molecular flexibility index (Phi) is 2.30. The molecule has 4 aromatic rings. The second-order valence-electron chi connectivity index (χ2n) is 5.76. The number of fused-ring (bicyclic) bond motifs is 6. The van der Waals surface area contributed by atoms with Gasteiger partial charge in [0.25, 0.3) is 0 Å². The predicted octanol–water partition coefficient (Wildman–Crippen LogP) is 5.82. The van der Waals surface area contributed by atoms with Crippen LogP contribution in [-0.2, 0) is 12.8 Å². The van der Waals surface area contributed by atoms with Crippen molar-refractivity contribution in [3.8, 4) is 11.1 Å². The molecule has 0 N–H and O–H groups in total. The lowest BCUT2D eigenvalue weighted by Crippen LogP contribution is -2.03. The van der Waals surface area contributed by atoms with Crippen molar-refractivity contribution in [2.45, 2.75) is 12.8 Å². The molecule has 0 saturated heterocycles. The van der Waals surface area contributed by atoms with Crippen LogP contribution in [0.2, 0.25) is 0 Å². The fraction of sp³-hybridized carbons (Fsp3) is 0.100. The molecule has 1 heteroatoms. The minimum Gasteiger partial charge on any atom is -0.135 e. The van der Waals surface area contributed by atoms with Crippen molar-refractivity contribution < 1.29 is 0 Å². The maximum Gasteiger partial charge on any atom is 0.0361 e. The van der Waals surface area contributed by atoms with Crippen molar-refractivity contribution in [3.63, 3.8) is 0 Å². The Balaban J connectivity index is 1.89. The molecule has 0 saturated carbocycles. The van der Waals surface area contributed by atoms with Crippen LogP contribution in [0.3, 0.4) is 0 Å². The van der Waals surface area contributed by atoms with E-state index in [2.05, 4.69) is 60.7 Å². The lowest BCUT2D eigenvalue weighted by atomic mass is 9.85. The standard InChI is InChI=1S/C20H14S/c1-2-6-15-13(5-1)9-10-14-11-18-16-7-3-4-8-19(16)21-20(18)12-17(14)15/h1-8,11-12H,9-10H2. The second kappa shape index (κ2) is 4.19. The van der Waals surface area contributed by atoms with Gasteiger partial charge in [-0.25, -0.2) is 0 Å². The van der Waals surface area contributed by atoms with Crippen LogP contribution in [0.1, 0.15) is 11.1 Å². The summed E-state index contributed by atoms with van der Waals surface area (Å²) in [5.74, 6) is 0. The Labute approximate surface area is 127 Å². The molecule has 0 aliphatic heterocycles. The Morgan fingerprint density at radius 3 is 2.43 bits per heavy atom. The summed E-state index contributed by atoms with van der Waals surface area (Å²) in [6.07, 6.45) is 2.32. The molecule has 0 spiro atoms. The third-order valence-corrected chi connectivity index (χ3v) is 5.71. The summed E-state index contributed by atoms with van der Waals surface area (Å²) in [5.41, 5.74) is 5.87. The maximum absolute atomic E-state index is 2.43. The first-order valence-corrected chi connectivity index (χ1v) is 8.24. The Morgan fingerprint density at radius 2 is 1.43 bits per heavy atom. The molecule has 1 aliphatic carbocycles. The summed E-state index contributed by atoms with van der Waals surface area (Å²) in [4.78, 5) is 0. The fourth-order valence-corrected chi connectivity index (χ4v) is 4.67. The highest BCUT2D eigenvalue weighted by Crippen LogP contribution is 2.41. The zero-order valence-corrected chi connectivity index (χ0v) is 12.4. The van der Waals surface area contributed by atoms with Crippen LogP contribution in [0.4, 0.5) is 0 Å². The highest BCUT2D eigenvalue weighted by atomic mass is 32.1. The SMILES string of the molecule is c1ccc2c(c1)CCc1cc3c(cc1-2)sc1ccccc13. The molecule has 0 radical (unpaired) electrons. The van der Waals surface area contributed by atoms with Crippen LogP contribution < -0.4 is 0 Å². The van der Waals surface area contributed by atoms with E-state index in [9.17, 15) is 0 Å². The molecule has 0 unspecified atom stereocenters. The van der Waals surface area contributed by atoms with Gasteiger partial charge in [0.2, 0.25) is 0 Å². The van der Waals surface area contributed by atoms with E-state index in [0.717, 1.165) is 12.8 Å². The van der Waals surface area contributed by atoms with Gasteiger partial charge in [0.05, 0.1) is 0 Å². The molecule has 1 aromatic heterocycles. The molecular formula is C20H14S. The molecule has 1 aliphatic rings. The molecule has 3 aromatic carbocycles. The van der Waals surface area contributed by atoms with E-state index >= 15 is 0 Å². The molecule has 5 rings (SSSR count). The summed E-state index contributed by atoms with van der Waals surface area (Å²) in [7, 11) is 0. The lowest BCUT2D eigenvalue weighted by Gasteiger charge is -2.19. The van der Waals surface area contributed by atoms with Crippen LogP contribution in [0.5, 0.6) is 0 Å². The van der Waals surface area contributed by atoms with Crippen molar-refractivity contribution in [3.05, 3.63) is 71.8 Å². The topological polar surface area (TPSA) is 0 Å². The van der Waals surface area contributed by atoms with E-state index in [0.29, 0.717) is 0 Å². The van der Waals surface area contributed by atoms with Crippen molar-refractivity contribution in [1.82, 2.24) is 0 Å². The van der Waals surface area contributed by atoms with Crippen molar-refractivity contribution in [1.29, 1.82) is 0 Å². The van der Waals surface area contributed by atoms with Gasteiger partial charge in [0.15, 0.2) is 0 Å². The molecule has 1 heterocycles.